The molecule has 96 valence electrons. The van der Waals surface area contributed by atoms with E-state index in [2.05, 4.69) is 4.72 Å². The van der Waals surface area contributed by atoms with Crippen LogP contribution in [0.1, 0.15) is 18.1 Å². The van der Waals surface area contributed by atoms with E-state index in [1.54, 1.807) is 14.0 Å². The zero-order valence-corrected chi connectivity index (χ0v) is 11.3. The van der Waals surface area contributed by atoms with E-state index in [4.69, 9.17) is 4.74 Å². The summed E-state index contributed by atoms with van der Waals surface area (Å²) in [7, 11) is -1.49. The highest BCUT2D eigenvalue weighted by molar-refractivity contribution is 7.89. The maximum absolute atomic E-state index is 11.3. The Bertz CT molecular complexity index is 469. The van der Waals surface area contributed by atoms with E-state index in [9.17, 15) is 8.42 Å². The van der Waals surface area contributed by atoms with Crippen LogP contribution in [0.4, 0.5) is 0 Å². The number of methoxy groups -OCH3 is 1. The number of aryl methyl sites for hydroxylation is 1. The summed E-state index contributed by atoms with van der Waals surface area (Å²) in [5, 5.41) is 0. The molecule has 0 aliphatic rings. The van der Waals surface area contributed by atoms with Gasteiger partial charge in [0.2, 0.25) is 10.0 Å². The van der Waals surface area contributed by atoms with E-state index in [-0.39, 0.29) is 5.75 Å². The van der Waals surface area contributed by atoms with Gasteiger partial charge in [0.25, 0.3) is 0 Å². The number of benzene rings is 1. The van der Waals surface area contributed by atoms with Crippen LogP contribution in [0.3, 0.4) is 0 Å². The lowest BCUT2D eigenvalue weighted by atomic mass is 10.1. The van der Waals surface area contributed by atoms with Crippen LogP contribution < -0.4 is 9.46 Å². The number of nitrogens with one attached hydrogen (secondary N) is 1. The quantitative estimate of drug-likeness (QED) is 0.840. The van der Waals surface area contributed by atoms with E-state index < -0.39 is 10.0 Å². The Kier molecular flexibility index (Phi) is 4.96. The monoisotopic (exact) mass is 257 g/mol. The van der Waals surface area contributed by atoms with Crippen molar-refractivity contribution < 1.29 is 13.2 Å². The topological polar surface area (TPSA) is 55.4 Å². The Morgan fingerprint density at radius 2 is 2.06 bits per heavy atom. The van der Waals surface area contributed by atoms with Gasteiger partial charge in [-0.05, 0) is 31.9 Å². The first-order chi connectivity index (χ1) is 7.98. The van der Waals surface area contributed by atoms with Crippen molar-refractivity contribution in [1.82, 2.24) is 4.72 Å². The molecule has 0 unspecified atom stereocenters. The van der Waals surface area contributed by atoms with Gasteiger partial charge in [0.05, 0.1) is 12.9 Å². The normalized spacial score (nSPS) is 11.5. The fourth-order valence-corrected chi connectivity index (χ4v) is 2.16. The summed E-state index contributed by atoms with van der Waals surface area (Å²) < 4.78 is 30.3. The second kappa shape index (κ2) is 6.02. The number of sulfonamides is 1. The van der Waals surface area contributed by atoms with Gasteiger partial charge in [0, 0.05) is 6.54 Å². The highest BCUT2D eigenvalue weighted by Crippen LogP contribution is 2.19. The SMILES string of the molecule is CCS(=O)(=O)NCCc1cc(C)ccc1OC. The standard InChI is InChI=1S/C12H19NO3S/c1-4-17(14,15)13-8-7-11-9-10(2)5-6-12(11)16-3/h5-6,9,13H,4,7-8H2,1-3H3. The van der Waals surface area contributed by atoms with E-state index >= 15 is 0 Å². The Morgan fingerprint density at radius 1 is 1.35 bits per heavy atom. The molecule has 0 saturated carbocycles. The third-order valence-corrected chi connectivity index (χ3v) is 3.94. The molecule has 1 rings (SSSR count). The molecule has 0 aromatic heterocycles. The summed E-state index contributed by atoms with van der Waals surface area (Å²) in [5.41, 5.74) is 2.16. The molecule has 5 heteroatoms. The van der Waals surface area contributed by atoms with E-state index in [0.717, 1.165) is 16.9 Å². The number of hydrogen-bond donors (Lipinski definition) is 1. The van der Waals surface area contributed by atoms with Crippen LogP contribution in [0.2, 0.25) is 0 Å². The number of rotatable bonds is 6. The average Bonchev–Trinajstić information content (AvgIpc) is 2.29. The molecule has 0 amide bonds. The van der Waals surface area contributed by atoms with Crippen molar-refractivity contribution in [3.05, 3.63) is 29.3 Å². The second-order valence-electron chi connectivity index (χ2n) is 3.86. The van der Waals surface area contributed by atoms with Crippen molar-refractivity contribution in [3.63, 3.8) is 0 Å². The molecule has 0 saturated heterocycles. The third-order valence-electron chi connectivity index (χ3n) is 2.53. The van der Waals surface area contributed by atoms with Crippen molar-refractivity contribution in [1.29, 1.82) is 0 Å². The van der Waals surface area contributed by atoms with Crippen LogP contribution >= 0.6 is 0 Å². The zero-order valence-electron chi connectivity index (χ0n) is 10.5. The van der Waals surface area contributed by atoms with Gasteiger partial charge < -0.3 is 4.74 Å². The lowest BCUT2D eigenvalue weighted by Gasteiger charge is -2.10. The van der Waals surface area contributed by atoms with Crippen LogP contribution in [-0.2, 0) is 16.4 Å². The molecule has 17 heavy (non-hydrogen) atoms. The zero-order chi connectivity index (χ0) is 12.9. The summed E-state index contributed by atoms with van der Waals surface area (Å²) in [5.74, 6) is 0.907. The minimum Gasteiger partial charge on any atom is -0.496 e. The first-order valence-electron chi connectivity index (χ1n) is 5.59. The molecule has 0 aliphatic heterocycles. The van der Waals surface area contributed by atoms with E-state index in [0.29, 0.717) is 13.0 Å². The molecular weight excluding hydrogens is 238 g/mol. The Labute approximate surface area is 103 Å². The molecule has 0 radical (unpaired) electrons. The average molecular weight is 257 g/mol. The molecule has 0 spiro atoms. The van der Waals surface area contributed by atoms with Crippen molar-refractivity contribution >= 4 is 10.0 Å². The summed E-state index contributed by atoms with van der Waals surface area (Å²) in [4.78, 5) is 0. The summed E-state index contributed by atoms with van der Waals surface area (Å²) in [6, 6.07) is 5.89. The predicted molar refractivity (Wildman–Crippen MR) is 68.9 cm³/mol. The van der Waals surface area contributed by atoms with Crippen LogP contribution in [0.25, 0.3) is 0 Å². The Hall–Kier alpha value is -1.07. The molecule has 4 nitrogen and oxygen atoms in total. The molecule has 0 heterocycles. The molecule has 1 aromatic carbocycles. The highest BCUT2D eigenvalue weighted by Gasteiger charge is 2.07. The van der Waals surface area contributed by atoms with Crippen LogP contribution in [0.5, 0.6) is 5.75 Å². The lowest BCUT2D eigenvalue weighted by molar-refractivity contribution is 0.409. The predicted octanol–water partition coefficient (Wildman–Crippen LogP) is 1.49. The minimum atomic E-state index is -3.11. The number of ether oxygens (including phenoxy) is 1. The van der Waals surface area contributed by atoms with Gasteiger partial charge in [-0.3, -0.25) is 0 Å². The maximum atomic E-state index is 11.3. The van der Waals surface area contributed by atoms with Gasteiger partial charge in [-0.1, -0.05) is 17.7 Å². The summed E-state index contributed by atoms with van der Waals surface area (Å²) in [6.45, 7) is 4.02. The van der Waals surface area contributed by atoms with Gasteiger partial charge in [-0.15, -0.1) is 0 Å². The smallest absolute Gasteiger partial charge is 0.211 e. The fraction of sp³-hybridized carbons (Fsp3) is 0.500. The second-order valence-corrected chi connectivity index (χ2v) is 5.96. The molecule has 1 aromatic rings. The molecule has 0 atom stereocenters. The van der Waals surface area contributed by atoms with Gasteiger partial charge in [0.1, 0.15) is 5.75 Å². The van der Waals surface area contributed by atoms with Gasteiger partial charge in [0.15, 0.2) is 0 Å². The van der Waals surface area contributed by atoms with Gasteiger partial charge >= 0.3 is 0 Å². The van der Waals surface area contributed by atoms with Crippen molar-refractivity contribution in [2.24, 2.45) is 0 Å². The van der Waals surface area contributed by atoms with Crippen LogP contribution in [-0.4, -0.2) is 27.8 Å². The fourth-order valence-electron chi connectivity index (χ4n) is 1.55. The third kappa shape index (κ3) is 4.36. The molecule has 0 aliphatic carbocycles. The first-order valence-corrected chi connectivity index (χ1v) is 7.24. The van der Waals surface area contributed by atoms with Crippen molar-refractivity contribution in [2.45, 2.75) is 20.3 Å². The molecule has 0 fully saturated rings. The maximum Gasteiger partial charge on any atom is 0.211 e. The minimum absolute atomic E-state index is 0.109. The van der Waals surface area contributed by atoms with Crippen molar-refractivity contribution in [3.8, 4) is 5.75 Å². The van der Waals surface area contributed by atoms with E-state index in [1.807, 2.05) is 25.1 Å². The van der Waals surface area contributed by atoms with E-state index in [1.165, 1.54) is 0 Å². The largest absolute Gasteiger partial charge is 0.496 e. The van der Waals surface area contributed by atoms with Gasteiger partial charge in [-0.25, -0.2) is 13.1 Å². The van der Waals surface area contributed by atoms with Crippen molar-refractivity contribution in [2.75, 3.05) is 19.4 Å². The Morgan fingerprint density at radius 3 is 2.65 bits per heavy atom. The van der Waals surface area contributed by atoms with Gasteiger partial charge in [-0.2, -0.15) is 0 Å². The molecular formula is C12H19NO3S. The first kappa shape index (κ1) is 14.0. The summed E-state index contributed by atoms with van der Waals surface area (Å²) in [6.07, 6.45) is 0.629. The van der Waals surface area contributed by atoms with Crippen LogP contribution in [0, 0.1) is 6.92 Å². The van der Waals surface area contributed by atoms with Crippen LogP contribution in [0.15, 0.2) is 18.2 Å². The number of hydrogen-bond acceptors (Lipinski definition) is 3. The molecule has 1 N–H and O–H groups in total. The lowest BCUT2D eigenvalue weighted by Crippen LogP contribution is -2.27. The molecule has 0 bridgehead atoms. The summed E-state index contributed by atoms with van der Waals surface area (Å²) >= 11 is 0. The Balaban J connectivity index is 2.66. The highest BCUT2D eigenvalue weighted by atomic mass is 32.2.